The van der Waals surface area contributed by atoms with Crippen molar-refractivity contribution in [1.82, 2.24) is 10.6 Å². The van der Waals surface area contributed by atoms with E-state index in [-0.39, 0.29) is 0 Å². The molecule has 0 bridgehead atoms. The van der Waals surface area contributed by atoms with Gasteiger partial charge in [-0.2, -0.15) is 0 Å². The Morgan fingerprint density at radius 3 is 2.62 bits per heavy atom. The highest BCUT2D eigenvalue weighted by molar-refractivity contribution is 5.83. The molecule has 1 atom stereocenters. The molecule has 21 heavy (non-hydrogen) atoms. The molecule has 0 aliphatic carbocycles. The number of aliphatic carboxylic acids is 1. The summed E-state index contributed by atoms with van der Waals surface area (Å²) in [4.78, 5) is 22.9. The van der Waals surface area contributed by atoms with Crippen LogP contribution < -0.4 is 10.6 Å². The molecule has 0 fully saturated rings. The third-order valence-electron chi connectivity index (χ3n) is 2.65. The number of carbonyl (C=O) groups excluding carboxylic acids is 1. The second-order valence-corrected chi connectivity index (χ2v) is 4.27. The zero-order valence-electron chi connectivity index (χ0n) is 11.7. The third-order valence-corrected chi connectivity index (χ3v) is 2.65. The number of hydrogen-bond donors (Lipinski definition) is 3. The summed E-state index contributed by atoms with van der Waals surface area (Å²) in [6.07, 6.45) is 2.50. The first-order valence-electron chi connectivity index (χ1n) is 6.66. The quantitative estimate of drug-likeness (QED) is 0.477. The van der Waals surface area contributed by atoms with Gasteiger partial charge in [0.2, 0.25) is 0 Å². The number of carbonyl (C=O) groups is 2. The van der Waals surface area contributed by atoms with E-state index in [1.165, 1.54) is 0 Å². The van der Waals surface area contributed by atoms with Gasteiger partial charge in [0.1, 0.15) is 0 Å². The van der Waals surface area contributed by atoms with Crippen molar-refractivity contribution in [1.29, 1.82) is 0 Å². The number of benzene rings is 1. The average molecular weight is 292 g/mol. The van der Waals surface area contributed by atoms with Crippen LogP contribution in [0, 0.1) is 0 Å². The normalized spacial score (nSPS) is 11.4. The first-order chi connectivity index (χ1) is 10.1. The maximum Gasteiger partial charge on any atom is 0.330 e. The summed E-state index contributed by atoms with van der Waals surface area (Å²) in [6.45, 7) is 4.79. The van der Waals surface area contributed by atoms with Crippen molar-refractivity contribution in [2.75, 3.05) is 19.8 Å². The fourth-order valence-corrected chi connectivity index (χ4v) is 1.62. The van der Waals surface area contributed by atoms with E-state index < -0.39 is 18.0 Å². The van der Waals surface area contributed by atoms with Gasteiger partial charge in [0, 0.05) is 6.54 Å². The van der Waals surface area contributed by atoms with Crippen LogP contribution in [0.25, 0.3) is 0 Å². The van der Waals surface area contributed by atoms with E-state index in [4.69, 9.17) is 9.84 Å². The topological polar surface area (TPSA) is 87.7 Å². The molecule has 1 rings (SSSR count). The van der Waals surface area contributed by atoms with Crippen LogP contribution >= 0.6 is 0 Å². The lowest BCUT2D eigenvalue weighted by atomic mass is 10.1. The molecule has 0 radical (unpaired) electrons. The fourth-order valence-electron chi connectivity index (χ4n) is 1.62. The Morgan fingerprint density at radius 2 is 2.00 bits per heavy atom. The van der Waals surface area contributed by atoms with Crippen molar-refractivity contribution in [3.05, 3.63) is 48.6 Å². The van der Waals surface area contributed by atoms with Gasteiger partial charge in [0.25, 0.3) is 0 Å². The van der Waals surface area contributed by atoms with Gasteiger partial charge in [-0.1, -0.05) is 36.4 Å². The Bertz CT molecular complexity index is 462. The average Bonchev–Trinajstić information content (AvgIpc) is 2.49. The van der Waals surface area contributed by atoms with Gasteiger partial charge in [-0.3, -0.25) is 0 Å². The van der Waals surface area contributed by atoms with Crippen molar-refractivity contribution in [2.45, 2.75) is 12.5 Å². The number of nitrogens with one attached hydrogen (secondary N) is 2. The molecule has 1 aromatic carbocycles. The SMILES string of the molecule is C=CCCOCCNC(=O)N[C@@H](C(=O)O)c1ccccc1. The molecule has 0 saturated carbocycles. The lowest BCUT2D eigenvalue weighted by Crippen LogP contribution is -2.42. The molecule has 0 aliphatic heterocycles. The van der Waals surface area contributed by atoms with Crippen LogP contribution in [-0.2, 0) is 9.53 Å². The first kappa shape index (κ1) is 16.7. The molecule has 1 aromatic rings. The molecule has 2 amide bonds. The minimum absolute atomic E-state index is 0.310. The Balaban J connectivity index is 2.37. The number of hydrogen-bond acceptors (Lipinski definition) is 3. The predicted molar refractivity (Wildman–Crippen MR) is 79.0 cm³/mol. The van der Waals surface area contributed by atoms with Gasteiger partial charge in [0.15, 0.2) is 6.04 Å². The number of carboxylic acids is 1. The molecule has 6 heteroatoms. The highest BCUT2D eigenvalue weighted by atomic mass is 16.5. The second kappa shape index (κ2) is 9.55. The van der Waals surface area contributed by atoms with Crippen LogP contribution in [0.1, 0.15) is 18.0 Å². The minimum Gasteiger partial charge on any atom is -0.479 e. The molecule has 6 nitrogen and oxygen atoms in total. The summed E-state index contributed by atoms with van der Waals surface area (Å²) < 4.78 is 5.23. The highest BCUT2D eigenvalue weighted by Crippen LogP contribution is 2.12. The molecule has 0 aliphatic rings. The lowest BCUT2D eigenvalue weighted by Gasteiger charge is -2.15. The van der Waals surface area contributed by atoms with E-state index in [1.807, 2.05) is 0 Å². The van der Waals surface area contributed by atoms with Gasteiger partial charge in [-0.15, -0.1) is 6.58 Å². The van der Waals surface area contributed by atoms with Crippen molar-refractivity contribution in [3.63, 3.8) is 0 Å². The number of urea groups is 1. The largest absolute Gasteiger partial charge is 0.479 e. The van der Waals surface area contributed by atoms with Crippen LogP contribution in [-0.4, -0.2) is 36.9 Å². The van der Waals surface area contributed by atoms with E-state index in [0.29, 0.717) is 25.3 Å². The number of ether oxygens (including phenoxy) is 1. The summed E-state index contributed by atoms with van der Waals surface area (Å²) in [7, 11) is 0. The summed E-state index contributed by atoms with van der Waals surface area (Å²) in [5, 5.41) is 14.1. The Kier molecular flexibility index (Phi) is 7.60. The third kappa shape index (κ3) is 6.58. The molecule has 0 saturated heterocycles. The van der Waals surface area contributed by atoms with E-state index in [1.54, 1.807) is 36.4 Å². The van der Waals surface area contributed by atoms with Gasteiger partial charge in [0.05, 0.1) is 13.2 Å². The number of rotatable bonds is 9. The molecular weight excluding hydrogens is 272 g/mol. The first-order valence-corrected chi connectivity index (χ1v) is 6.66. The van der Waals surface area contributed by atoms with E-state index in [0.717, 1.165) is 6.42 Å². The molecule has 0 heterocycles. The lowest BCUT2D eigenvalue weighted by molar-refractivity contribution is -0.139. The van der Waals surface area contributed by atoms with E-state index in [2.05, 4.69) is 17.2 Å². The Labute approximate surface area is 123 Å². The maximum absolute atomic E-state index is 11.7. The van der Waals surface area contributed by atoms with Gasteiger partial charge < -0.3 is 20.5 Å². The number of amides is 2. The summed E-state index contributed by atoms with van der Waals surface area (Å²) in [5.41, 5.74) is 0.516. The van der Waals surface area contributed by atoms with Crippen molar-refractivity contribution < 1.29 is 19.4 Å². The van der Waals surface area contributed by atoms with Crippen LogP contribution in [0.5, 0.6) is 0 Å². The summed E-state index contributed by atoms with van der Waals surface area (Å²) in [6, 6.07) is 6.90. The van der Waals surface area contributed by atoms with E-state index in [9.17, 15) is 9.59 Å². The summed E-state index contributed by atoms with van der Waals surface area (Å²) in [5.74, 6) is -1.11. The molecular formula is C15H20N2O4. The zero-order valence-corrected chi connectivity index (χ0v) is 11.7. The number of carboxylic acid groups (broad SMARTS) is 1. The van der Waals surface area contributed by atoms with Crippen LogP contribution in [0.3, 0.4) is 0 Å². The standard InChI is InChI=1S/C15H20N2O4/c1-2-3-10-21-11-9-16-15(20)17-13(14(18)19)12-7-5-4-6-8-12/h2,4-8,13H,1,3,9-11H2,(H,18,19)(H2,16,17,20)/t13-/m1/s1. The molecule has 114 valence electrons. The van der Waals surface area contributed by atoms with Crippen LogP contribution in [0.15, 0.2) is 43.0 Å². The van der Waals surface area contributed by atoms with E-state index >= 15 is 0 Å². The van der Waals surface area contributed by atoms with Gasteiger partial charge in [-0.05, 0) is 12.0 Å². The molecule has 0 aromatic heterocycles. The van der Waals surface area contributed by atoms with Crippen molar-refractivity contribution >= 4 is 12.0 Å². The van der Waals surface area contributed by atoms with Crippen LogP contribution in [0.2, 0.25) is 0 Å². The highest BCUT2D eigenvalue weighted by Gasteiger charge is 2.21. The van der Waals surface area contributed by atoms with Gasteiger partial charge >= 0.3 is 12.0 Å². The molecule has 0 unspecified atom stereocenters. The minimum atomic E-state index is -1.11. The maximum atomic E-state index is 11.7. The molecule has 3 N–H and O–H groups in total. The zero-order chi connectivity index (χ0) is 15.5. The Morgan fingerprint density at radius 1 is 1.29 bits per heavy atom. The monoisotopic (exact) mass is 292 g/mol. The molecule has 0 spiro atoms. The fraction of sp³-hybridized carbons (Fsp3) is 0.333. The summed E-state index contributed by atoms with van der Waals surface area (Å²) >= 11 is 0. The smallest absolute Gasteiger partial charge is 0.330 e. The predicted octanol–water partition coefficient (Wildman–Crippen LogP) is 1.70. The van der Waals surface area contributed by atoms with Crippen molar-refractivity contribution in [2.24, 2.45) is 0 Å². The van der Waals surface area contributed by atoms with Crippen LogP contribution in [0.4, 0.5) is 4.79 Å². The Hall–Kier alpha value is -2.34. The van der Waals surface area contributed by atoms with Gasteiger partial charge in [-0.25, -0.2) is 9.59 Å². The van der Waals surface area contributed by atoms with Crippen molar-refractivity contribution in [3.8, 4) is 0 Å². The second-order valence-electron chi connectivity index (χ2n) is 4.27.